The number of hydrogen-bond acceptors (Lipinski definition) is 6. The number of nitrogens with two attached hydrogens (primary N) is 1. The van der Waals surface area contributed by atoms with E-state index in [2.05, 4.69) is 22.0 Å². The van der Waals surface area contributed by atoms with Gasteiger partial charge in [-0.2, -0.15) is 0 Å². The first-order chi connectivity index (χ1) is 15.5. The Morgan fingerprint density at radius 1 is 1.00 bits per heavy atom. The van der Waals surface area contributed by atoms with Crippen LogP contribution in [0.5, 0.6) is 0 Å². The maximum Gasteiger partial charge on any atom is 0.247 e. The van der Waals surface area contributed by atoms with Gasteiger partial charge in [-0.1, -0.05) is 30.3 Å². The van der Waals surface area contributed by atoms with Gasteiger partial charge in [0.25, 0.3) is 0 Å². The highest BCUT2D eigenvalue weighted by molar-refractivity contribution is 6.47. The van der Waals surface area contributed by atoms with Crippen molar-refractivity contribution in [2.24, 2.45) is 0 Å². The summed E-state index contributed by atoms with van der Waals surface area (Å²) in [4.78, 5) is 16.4. The summed E-state index contributed by atoms with van der Waals surface area (Å²) in [6, 6.07) is 16.8. The van der Waals surface area contributed by atoms with E-state index in [0.717, 1.165) is 49.5 Å². The number of aromatic nitrogens is 1. The molecule has 1 aliphatic rings. The Morgan fingerprint density at radius 3 is 2.50 bits per heavy atom. The number of benzene rings is 2. The molecule has 0 aliphatic carbocycles. The molecule has 1 saturated heterocycles. The Labute approximate surface area is 186 Å². The minimum absolute atomic E-state index is 0.104. The molecular formula is C25H27N5O2. The molecule has 2 heterocycles. The van der Waals surface area contributed by atoms with Crippen LogP contribution < -0.4 is 11.3 Å². The van der Waals surface area contributed by atoms with Crippen LogP contribution in [0.25, 0.3) is 11.1 Å². The van der Waals surface area contributed by atoms with Crippen molar-refractivity contribution in [1.29, 1.82) is 10.8 Å². The fourth-order valence-electron chi connectivity index (χ4n) is 3.85. The van der Waals surface area contributed by atoms with Gasteiger partial charge in [0, 0.05) is 49.6 Å². The normalized spacial score (nSPS) is 14.2. The topological polar surface area (TPSA) is 119 Å². The lowest BCUT2D eigenvalue weighted by Crippen LogP contribution is -2.35. The zero-order chi connectivity index (χ0) is 22.5. The lowest BCUT2D eigenvalue weighted by Gasteiger charge is -2.26. The van der Waals surface area contributed by atoms with Gasteiger partial charge in [-0.25, -0.2) is 0 Å². The van der Waals surface area contributed by atoms with Crippen LogP contribution in [-0.2, 0) is 17.7 Å². The maximum atomic E-state index is 11.3. The highest BCUT2D eigenvalue weighted by Crippen LogP contribution is 2.24. The molecule has 0 atom stereocenters. The van der Waals surface area contributed by atoms with Gasteiger partial charge in [0.2, 0.25) is 5.56 Å². The van der Waals surface area contributed by atoms with Crippen LogP contribution in [0.2, 0.25) is 0 Å². The molecule has 3 aromatic rings. The molecule has 0 bridgehead atoms. The lowest BCUT2D eigenvalue weighted by atomic mass is 9.95. The highest BCUT2D eigenvalue weighted by Gasteiger charge is 2.15. The second kappa shape index (κ2) is 9.72. The Hall–Kier alpha value is -3.55. The number of rotatable bonds is 7. The Morgan fingerprint density at radius 2 is 1.75 bits per heavy atom. The Bertz CT molecular complexity index is 1170. The molecule has 0 spiro atoms. The van der Waals surface area contributed by atoms with Gasteiger partial charge in [0.1, 0.15) is 0 Å². The number of ether oxygens (including phenoxy) is 1. The van der Waals surface area contributed by atoms with E-state index in [4.69, 9.17) is 21.3 Å². The number of morpholine rings is 1. The lowest BCUT2D eigenvalue weighted by molar-refractivity contribution is 0.0342. The molecule has 0 saturated carbocycles. The van der Waals surface area contributed by atoms with E-state index < -0.39 is 0 Å². The number of nitrogens with zero attached hydrogens (tertiary/aromatic N) is 1. The second-order valence-electron chi connectivity index (χ2n) is 7.98. The van der Waals surface area contributed by atoms with Gasteiger partial charge in [0.05, 0.1) is 24.6 Å². The summed E-state index contributed by atoms with van der Waals surface area (Å²) >= 11 is 0. The van der Waals surface area contributed by atoms with Crippen molar-refractivity contribution < 1.29 is 4.74 Å². The molecular weight excluding hydrogens is 402 g/mol. The van der Waals surface area contributed by atoms with E-state index >= 15 is 0 Å². The predicted octanol–water partition coefficient (Wildman–Crippen LogP) is 3.09. The molecule has 164 valence electrons. The van der Waals surface area contributed by atoms with Crippen LogP contribution in [0, 0.1) is 10.8 Å². The molecule has 2 aromatic carbocycles. The molecule has 7 nitrogen and oxygen atoms in total. The van der Waals surface area contributed by atoms with E-state index in [1.165, 1.54) is 11.6 Å². The number of anilines is 1. The zero-order valence-corrected chi connectivity index (χ0v) is 17.9. The van der Waals surface area contributed by atoms with Crippen molar-refractivity contribution in [2.45, 2.75) is 13.0 Å². The minimum atomic E-state index is -0.171. The first kappa shape index (κ1) is 21.7. The fraction of sp³-hybridized carbons (Fsp3) is 0.240. The largest absolute Gasteiger partial charge is 0.398 e. The summed E-state index contributed by atoms with van der Waals surface area (Å²) < 4.78 is 5.41. The zero-order valence-electron chi connectivity index (χ0n) is 17.9. The van der Waals surface area contributed by atoms with Gasteiger partial charge < -0.3 is 20.9 Å². The quantitative estimate of drug-likeness (QED) is 0.341. The standard InChI is InChI=1S/C25H27N5O2/c26-22-6-4-19(20-5-7-24(31)29-15-20)14-21(22)25(28)23(27)13-17-2-1-3-18(12-17)16-30-8-10-32-11-9-30/h1-7,12,14-15,27-28H,8-11,13,16,26H2,(H,29,31). The van der Waals surface area contributed by atoms with Crippen LogP contribution in [0.15, 0.2) is 65.6 Å². The monoisotopic (exact) mass is 429 g/mol. The molecule has 5 N–H and O–H groups in total. The van der Waals surface area contributed by atoms with Crippen LogP contribution in [0.4, 0.5) is 5.69 Å². The van der Waals surface area contributed by atoms with Gasteiger partial charge in [-0.05, 0) is 40.5 Å². The average Bonchev–Trinajstić information content (AvgIpc) is 2.80. The smallest absolute Gasteiger partial charge is 0.247 e. The molecule has 7 heteroatoms. The van der Waals surface area contributed by atoms with Crippen molar-refractivity contribution in [2.75, 3.05) is 32.0 Å². The molecule has 0 radical (unpaired) electrons. The first-order valence-electron chi connectivity index (χ1n) is 10.6. The Balaban J connectivity index is 1.48. The number of nitrogens with one attached hydrogen (secondary N) is 3. The van der Waals surface area contributed by atoms with Gasteiger partial charge >= 0.3 is 0 Å². The van der Waals surface area contributed by atoms with Gasteiger partial charge in [-0.15, -0.1) is 0 Å². The third-order valence-electron chi connectivity index (χ3n) is 5.62. The summed E-state index contributed by atoms with van der Waals surface area (Å²) in [5, 5.41) is 17.1. The summed E-state index contributed by atoms with van der Waals surface area (Å²) in [7, 11) is 0. The van der Waals surface area contributed by atoms with Crippen LogP contribution >= 0.6 is 0 Å². The molecule has 1 fully saturated rings. The predicted molar refractivity (Wildman–Crippen MR) is 128 cm³/mol. The van der Waals surface area contributed by atoms with Crippen molar-refractivity contribution in [1.82, 2.24) is 9.88 Å². The molecule has 0 unspecified atom stereocenters. The van der Waals surface area contributed by atoms with Crippen molar-refractivity contribution in [3.8, 4) is 11.1 Å². The average molecular weight is 430 g/mol. The van der Waals surface area contributed by atoms with Crippen molar-refractivity contribution in [3.63, 3.8) is 0 Å². The molecule has 1 aromatic heterocycles. The van der Waals surface area contributed by atoms with Gasteiger partial charge in [-0.3, -0.25) is 15.1 Å². The van der Waals surface area contributed by atoms with Gasteiger partial charge in [0.15, 0.2) is 0 Å². The molecule has 0 amide bonds. The van der Waals surface area contributed by atoms with Crippen molar-refractivity contribution in [3.05, 3.63) is 87.8 Å². The third kappa shape index (κ3) is 5.19. The number of aromatic amines is 1. The SMILES string of the molecule is N=C(Cc1cccc(CN2CCOCC2)c1)C(=N)c1cc(-c2ccc(=O)[nH]c2)ccc1N. The number of H-pyrrole nitrogens is 1. The molecule has 32 heavy (non-hydrogen) atoms. The number of nitrogen functional groups attached to an aromatic ring is 1. The maximum absolute atomic E-state index is 11.3. The number of hydrogen-bond donors (Lipinski definition) is 4. The van der Waals surface area contributed by atoms with E-state index in [9.17, 15) is 4.79 Å². The fourth-order valence-corrected chi connectivity index (χ4v) is 3.85. The van der Waals surface area contributed by atoms with Crippen molar-refractivity contribution >= 4 is 17.1 Å². The van der Waals surface area contributed by atoms with E-state index in [-0.39, 0.29) is 17.0 Å². The summed E-state index contributed by atoms with van der Waals surface area (Å²) in [5.74, 6) is 0. The number of pyridine rings is 1. The highest BCUT2D eigenvalue weighted by atomic mass is 16.5. The van der Waals surface area contributed by atoms with Crippen LogP contribution in [-0.4, -0.2) is 47.6 Å². The first-order valence-corrected chi connectivity index (χ1v) is 10.6. The summed E-state index contributed by atoms with van der Waals surface area (Å²) in [5.41, 5.74) is 11.1. The van der Waals surface area contributed by atoms with E-state index in [0.29, 0.717) is 17.7 Å². The second-order valence-corrected chi connectivity index (χ2v) is 7.98. The van der Waals surface area contributed by atoms with E-state index in [1.807, 2.05) is 18.2 Å². The summed E-state index contributed by atoms with van der Waals surface area (Å²) in [6.45, 7) is 4.24. The molecule has 4 rings (SSSR count). The van der Waals surface area contributed by atoms with Crippen LogP contribution in [0.1, 0.15) is 16.7 Å². The molecule has 1 aliphatic heterocycles. The Kier molecular flexibility index (Phi) is 6.58. The minimum Gasteiger partial charge on any atom is -0.398 e. The summed E-state index contributed by atoms with van der Waals surface area (Å²) in [6.07, 6.45) is 1.99. The third-order valence-corrected chi connectivity index (χ3v) is 5.62. The van der Waals surface area contributed by atoms with Crippen LogP contribution in [0.3, 0.4) is 0 Å². The van der Waals surface area contributed by atoms with E-state index in [1.54, 1.807) is 24.4 Å².